The summed E-state index contributed by atoms with van der Waals surface area (Å²) in [4.78, 5) is 15.0. The molecule has 0 radical (unpaired) electrons. The summed E-state index contributed by atoms with van der Waals surface area (Å²) in [6.45, 7) is 3.66. The number of carbonyl (C=O) groups is 1. The lowest BCUT2D eigenvalue weighted by atomic mass is 9.92. The number of hydrogen-bond acceptors (Lipinski definition) is 5. The monoisotopic (exact) mass is 323 g/mol. The van der Waals surface area contributed by atoms with Crippen LogP contribution in [0.15, 0.2) is 17.2 Å². The van der Waals surface area contributed by atoms with Crippen molar-refractivity contribution in [3.63, 3.8) is 0 Å². The second kappa shape index (κ2) is 6.02. The summed E-state index contributed by atoms with van der Waals surface area (Å²) in [5.41, 5.74) is 0.651. The van der Waals surface area contributed by atoms with Gasteiger partial charge in [0.15, 0.2) is 0 Å². The molecule has 0 amide bonds. The highest BCUT2D eigenvalue weighted by atomic mass is 32.2. The maximum absolute atomic E-state index is 12.7. The lowest BCUT2D eigenvalue weighted by Crippen LogP contribution is -2.45. The molecule has 1 aliphatic rings. The quantitative estimate of drug-likeness (QED) is 0.888. The number of nitriles is 1. The number of sulfonamides is 1. The van der Waals surface area contributed by atoms with Crippen LogP contribution in [0, 0.1) is 30.1 Å². The summed E-state index contributed by atoms with van der Waals surface area (Å²) in [6.07, 6.45) is 1.66. The van der Waals surface area contributed by atoms with E-state index in [2.05, 4.69) is 4.98 Å². The van der Waals surface area contributed by atoms with Gasteiger partial charge in [0.25, 0.3) is 0 Å². The zero-order valence-corrected chi connectivity index (χ0v) is 13.2. The number of pyridine rings is 1. The molecule has 8 heteroatoms. The van der Waals surface area contributed by atoms with Crippen LogP contribution >= 0.6 is 0 Å². The van der Waals surface area contributed by atoms with Gasteiger partial charge in [-0.2, -0.15) is 9.57 Å². The third-order valence-electron chi connectivity index (χ3n) is 3.80. The van der Waals surface area contributed by atoms with E-state index in [9.17, 15) is 13.2 Å². The third-order valence-corrected chi connectivity index (χ3v) is 5.59. The summed E-state index contributed by atoms with van der Waals surface area (Å²) in [6, 6.07) is 3.19. The van der Waals surface area contributed by atoms with Crippen molar-refractivity contribution in [1.29, 1.82) is 5.26 Å². The second-order valence-electron chi connectivity index (χ2n) is 5.61. The van der Waals surface area contributed by atoms with Crippen molar-refractivity contribution in [2.24, 2.45) is 11.8 Å². The Morgan fingerprint density at radius 1 is 1.50 bits per heavy atom. The summed E-state index contributed by atoms with van der Waals surface area (Å²) in [7, 11) is -3.85. The fourth-order valence-electron chi connectivity index (χ4n) is 2.60. The summed E-state index contributed by atoms with van der Waals surface area (Å²) in [5, 5.41) is 18.2. The number of hydrogen-bond donors (Lipinski definition) is 1. The molecule has 22 heavy (non-hydrogen) atoms. The van der Waals surface area contributed by atoms with Crippen LogP contribution in [0.4, 0.5) is 0 Å². The van der Waals surface area contributed by atoms with Gasteiger partial charge in [0, 0.05) is 19.3 Å². The van der Waals surface area contributed by atoms with Crippen molar-refractivity contribution in [3.05, 3.63) is 23.5 Å². The van der Waals surface area contributed by atoms with E-state index in [0.29, 0.717) is 12.1 Å². The number of rotatable bonds is 3. The molecule has 1 fully saturated rings. The van der Waals surface area contributed by atoms with Gasteiger partial charge in [-0.15, -0.1) is 0 Å². The van der Waals surface area contributed by atoms with Crippen molar-refractivity contribution in [2.75, 3.05) is 13.1 Å². The minimum atomic E-state index is -3.85. The Morgan fingerprint density at radius 2 is 2.18 bits per heavy atom. The molecule has 0 aliphatic carbocycles. The first kappa shape index (κ1) is 16.4. The predicted molar refractivity (Wildman–Crippen MR) is 77.4 cm³/mol. The average Bonchev–Trinajstić information content (AvgIpc) is 2.46. The van der Waals surface area contributed by atoms with Gasteiger partial charge < -0.3 is 5.11 Å². The van der Waals surface area contributed by atoms with E-state index >= 15 is 0 Å². The van der Waals surface area contributed by atoms with Gasteiger partial charge in [-0.1, -0.05) is 6.92 Å². The van der Waals surface area contributed by atoms with Gasteiger partial charge in [-0.05, 0) is 25.3 Å². The molecule has 1 N–H and O–H groups in total. The van der Waals surface area contributed by atoms with E-state index in [1.807, 2.05) is 13.0 Å². The Balaban J connectivity index is 2.37. The number of aromatic nitrogens is 1. The normalized spacial score (nSPS) is 23.0. The molecule has 2 unspecified atom stereocenters. The van der Waals surface area contributed by atoms with Gasteiger partial charge >= 0.3 is 5.97 Å². The topological polar surface area (TPSA) is 111 Å². The fourth-order valence-corrected chi connectivity index (χ4v) is 4.17. The molecule has 1 aliphatic heterocycles. The van der Waals surface area contributed by atoms with E-state index in [4.69, 9.17) is 10.4 Å². The molecular formula is C14H17N3O4S. The van der Waals surface area contributed by atoms with Crippen LogP contribution in [0.1, 0.15) is 24.6 Å². The maximum Gasteiger partial charge on any atom is 0.307 e. The number of carboxylic acid groups (broad SMARTS) is 1. The predicted octanol–water partition coefficient (Wildman–Crippen LogP) is 0.993. The minimum Gasteiger partial charge on any atom is -0.481 e. The standard InChI is InChI=1S/C14H17N3O4S/c1-9-3-12(14(18)19)8-17(7-9)22(20,21)13-4-11(5-15)10(2)16-6-13/h4,6,9,12H,3,7-8H2,1-2H3,(H,18,19). The van der Waals surface area contributed by atoms with Crippen LogP contribution in [-0.2, 0) is 14.8 Å². The minimum absolute atomic E-state index is 0.0431. The Hall–Kier alpha value is -1.98. The smallest absolute Gasteiger partial charge is 0.307 e. The van der Waals surface area contributed by atoms with Crippen molar-refractivity contribution < 1.29 is 18.3 Å². The van der Waals surface area contributed by atoms with Crippen molar-refractivity contribution in [3.8, 4) is 6.07 Å². The van der Waals surface area contributed by atoms with E-state index in [1.165, 1.54) is 16.6 Å². The molecule has 0 aromatic carbocycles. The van der Waals surface area contributed by atoms with E-state index in [1.54, 1.807) is 6.92 Å². The van der Waals surface area contributed by atoms with Crippen LogP contribution in [-0.4, -0.2) is 41.9 Å². The van der Waals surface area contributed by atoms with Gasteiger partial charge in [0.1, 0.15) is 11.0 Å². The molecule has 0 saturated carbocycles. The highest BCUT2D eigenvalue weighted by Crippen LogP contribution is 2.27. The summed E-state index contributed by atoms with van der Waals surface area (Å²) in [5.74, 6) is -1.75. The molecule has 1 saturated heterocycles. The molecule has 118 valence electrons. The molecule has 2 heterocycles. The maximum atomic E-state index is 12.7. The Bertz CT molecular complexity index is 739. The lowest BCUT2D eigenvalue weighted by molar-refractivity contribution is -0.143. The number of aryl methyl sites for hydroxylation is 1. The molecule has 0 spiro atoms. The van der Waals surface area contributed by atoms with Crippen LogP contribution in [0.3, 0.4) is 0 Å². The number of aliphatic carboxylic acids is 1. The first-order valence-electron chi connectivity index (χ1n) is 6.85. The van der Waals surface area contributed by atoms with Crippen LogP contribution < -0.4 is 0 Å². The Labute approximate surface area is 129 Å². The zero-order valence-electron chi connectivity index (χ0n) is 12.4. The fraction of sp³-hybridized carbons (Fsp3) is 0.500. The van der Waals surface area contributed by atoms with Crippen molar-refractivity contribution in [2.45, 2.75) is 25.2 Å². The van der Waals surface area contributed by atoms with E-state index in [-0.39, 0.29) is 29.5 Å². The first-order chi connectivity index (χ1) is 10.3. The van der Waals surface area contributed by atoms with Gasteiger partial charge in [-0.3, -0.25) is 9.78 Å². The SMILES string of the molecule is Cc1ncc(S(=O)(=O)N2CC(C)CC(C(=O)O)C2)cc1C#N. The number of nitrogens with zero attached hydrogens (tertiary/aromatic N) is 3. The van der Waals surface area contributed by atoms with E-state index in [0.717, 1.165) is 0 Å². The van der Waals surface area contributed by atoms with Gasteiger partial charge in [-0.25, -0.2) is 8.42 Å². The van der Waals surface area contributed by atoms with Crippen LogP contribution in [0.2, 0.25) is 0 Å². The summed E-state index contributed by atoms with van der Waals surface area (Å²) < 4.78 is 26.5. The lowest BCUT2D eigenvalue weighted by Gasteiger charge is -2.33. The average molecular weight is 323 g/mol. The highest BCUT2D eigenvalue weighted by molar-refractivity contribution is 7.89. The van der Waals surface area contributed by atoms with Crippen LogP contribution in [0.25, 0.3) is 0 Å². The molecule has 1 aromatic rings. The van der Waals surface area contributed by atoms with E-state index < -0.39 is 21.9 Å². The molecule has 2 atom stereocenters. The molecule has 2 rings (SSSR count). The Morgan fingerprint density at radius 3 is 2.77 bits per heavy atom. The molecule has 7 nitrogen and oxygen atoms in total. The first-order valence-corrected chi connectivity index (χ1v) is 8.29. The van der Waals surface area contributed by atoms with Crippen molar-refractivity contribution in [1.82, 2.24) is 9.29 Å². The summed E-state index contributed by atoms with van der Waals surface area (Å²) >= 11 is 0. The van der Waals surface area contributed by atoms with Crippen molar-refractivity contribution >= 4 is 16.0 Å². The largest absolute Gasteiger partial charge is 0.481 e. The molecule has 1 aromatic heterocycles. The molecular weight excluding hydrogens is 306 g/mol. The Kier molecular flexibility index (Phi) is 4.49. The van der Waals surface area contributed by atoms with Gasteiger partial charge in [0.05, 0.1) is 17.2 Å². The second-order valence-corrected chi connectivity index (χ2v) is 7.55. The van der Waals surface area contributed by atoms with Gasteiger partial charge in [0.2, 0.25) is 10.0 Å². The number of carboxylic acids is 1. The third kappa shape index (κ3) is 3.10. The van der Waals surface area contributed by atoms with Crippen LogP contribution in [0.5, 0.6) is 0 Å². The highest BCUT2D eigenvalue weighted by Gasteiger charge is 2.36. The number of piperidine rings is 1. The zero-order chi connectivity index (χ0) is 16.5. The molecule has 0 bridgehead atoms.